The van der Waals surface area contributed by atoms with Gasteiger partial charge >= 0.3 is 0 Å². The molecule has 0 amide bonds. The van der Waals surface area contributed by atoms with Crippen LogP contribution in [0, 0.1) is 5.92 Å². The van der Waals surface area contributed by atoms with Crippen LogP contribution in [-0.4, -0.2) is 24.4 Å². The van der Waals surface area contributed by atoms with Crippen LogP contribution in [0.25, 0.3) is 0 Å². The second-order valence-electron chi connectivity index (χ2n) is 3.44. The highest BCUT2D eigenvalue weighted by molar-refractivity contribution is 4.60. The monoisotopic (exact) mass is 174 g/mol. The van der Waals surface area contributed by atoms with Crippen LogP contribution in [0.15, 0.2) is 0 Å². The molecule has 0 saturated carbocycles. The molecule has 0 aromatic rings. The Kier molecular flexibility index (Phi) is 7.51. The Bertz CT molecular complexity index is 93.8. The fraction of sp³-hybridized carbons (Fsp3) is 1.00. The molecule has 0 saturated heterocycles. The van der Waals surface area contributed by atoms with Gasteiger partial charge in [0.1, 0.15) is 0 Å². The van der Waals surface area contributed by atoms with Crippen LogP contribution >= 0.6 is 0 Å². The van der Waals surface area contributed by atoms with Gasteiger partial charge in [-0.05, 0) is 19.3 Å². The molecule has 2 unspecified atom stereocenters. The van der Waals surface area contributed by atoms with Gasteiger partial charge < -0.3 is 9.84 Å². The molecule has 0 aliphatic carbocycles. The molecular formula is C10H22O2. The number of rotatable bonds is 7. The summed E-state index contributed by atoms with van der Waals surface area (Å²) < 4.78 is 5.12. The SMILES string of the molecule is CCCC(C)CC(O)COCC. The molecule has 0 fully saturated rings. The largest absolute Gasteiger partial charge is 0.391 e. The first-order valence-electron chi connectivity index (χ1n) is 4.96. The maximum absolute atomic E-state index is 9.45. The van der Waals surface area contributed by atoms with Crippen LogP contribution < -0.4 is 0 Å². The Labute approximate surface area is 75.9 Å². The molecule has 0 bridgehead atoms. The van der Waals surface area contributed by atoms with E-state index in [9.17, 15) is 5.11 Å². The minimum atomic E-state index is -0.272. The number of aliphatic hydroxyl groups is 1. The molecule has 0 radical (unpaired) electrons. The Balaban J connectivity index is 3.33. The highest BCUT2D eigenvalue weighted by Gasteiger charge is 2.08. The zero-order chi connectivity index (χ0) is 9.40. The number of aliphatic hydroxyl groups excluding tert-OH is 1. The number of ether oxygens (including phenoxy) is 1. The lowest BCUT2D eigenvalue weighted by molar-refractivity contribution is 0.0298. The topological polar surface area (TPSA) is 29.5 Å². The van der Waals surface area contributed by atoms with Gasteiger partial charge in [-0.1, -0.05) is 26.7 Å². The first kappa shape index (κ1) is 11.9. The van der Waals surface area contributed by atoms with E-state index in [1.807, 2.05) is 6.92 Å². The molecule has 74 valence electrons. The summed E-state index contributed by atoms with van der Waals surface area (Å²) in [6, 6.07) is 0. The maximum atomic E-state index is 9.45. The summed E-state index contributed by atoms with van der Waals surface area (Å²) in [7, 11) is 0. The predicted octanol–water partition coefficient (Wildman–Crippen LogP) is 2.21. The van der Waals surface area contributed by atoms with E-state index in [4.69, 9.17) is 4.74 Å². The lowest BCUT2D eigenvalue weighted by Crippen LogP contribution is -2.18. The second-order valence-corrected chi connectivity index (χ2v) is 3.44. The summed E-state index contributed by atoms with van der Waals surface area (Å²) in [6.45, 7) is 7.48. The van der Waals surface area contributed by atoms with E-state index in [1.54, 1.807) is 0 Å². The van der Waals surface area contributed by atoms with Gasteiger partial charge in [0.05, 0.1) is 12.7 Å². The van der Waals surface area contributed by atoms with Crippen molar-refractivity contribution in [3.8, 4) is 0 Å². The van der Waals surface area contributed by atoms with E-state index in [0.717, 1.165) is 6.42 Å². The fourth-order valence-corrected chi connectivity index (χ4v) is 1.40. The normalized spacial score (nSPS) is 16.0. The predicted molar refractivity (Wildman–Crippen MR) is 51.2 cm³/mol. The Hall–Kier alpha value is -0.0800. The fourth-order valence-electron chi connectivity index (χ4n) is 1.40. The molecule has 0 rings (SSSR count). The molecule has 0 aromatic heterocycles. The Morgan fingerprint density at radius 1 is 1.33 bits per heavy atom. The molecular weight excluding hydrogens is 152 g/mol. The molecule has 2 nitrogen and oxygen atoms in total. The van der Waals surface area contributed by atoms with Gasteiger partial charge in [0, 0.05) is 6.61 Å². The van der Waals surface area contributed by atoms with Crippen molar-refractivity contribution in [3.05, 3.63) is 0 Å². The highest BCUT2D eigenvalue weighted by atomic mass is 16.5. The Morgan fingerprint density at radius 2 is 2.00 bits per heavy atom. The molecule has 1 N–H and O–H groups in total. The van der Waals surface area contributed by atoms with E-state index in [0.29, 0.717) is 19.1 Å². The van der Waals surface area contributed by atoms with Gasteiger partial charge in [-0.25, -0.2) is 0 Å². The second kappa shape index (κ2) is 7.56. The summed E-state index contributed by atoms with van der Waals surface area (Å²) in [5, 5.41) is 9.45. The average Bonchev–Trinajstić information content (AvgIpc) is 2.01. The Morgan fingerprint density at radius 3 is 2.50 bits per heavy atom. The van der Waals surface area contributed by atoms with Crippen molar-refractivity contribution >= 4 is 0 Å². The lowest BCUT2D eigenvalue weighted by Gasteiger charge is -2.15. The first-order chi connectivity index (χ1) is 5.70. The summed E-state index contributed by atoms with van der Waals surface area (Å²) >= 11 is 0. The third kappa shape index (κ3) is 6.62. The molecule has 2 heteroatoms. The molecule has 0 aromatic carbocycles. The summed E-state index contributed by atoms with van der Waals surface area (Å²) in [4.78, 5) is 0. The van der Waals surface area contributed by atoms with Crippen molar-refractivity contribution in [2.45, 2.75) is 46.1 Å². The number of hydrogen-bond acceptors (Lipinski definition) is 2. The zero-order valence-corrected chi connectivity index (χ0v) is 8.55. The third-order valence-electron chi connectivity index (χ3n) is 1.97. The summed E-state index contributed by atoms with van der Waals surface area (Å²) in [6.07, 6.45) is 2.99. The van der Waals surface area contributed by atoms with E-state index < -0.39 is 0 Å². The summed E-state index contributed by atoms with van der Waals surface area (Å²) in [5.41, 5.74) is 0. The first-order valence-corrected chi connectivity index (χ1v) is 4.96. The van der Waals surface area contributed by atoms with Crippen molar-refractivity contribution in [2.24, 2.45) is 5.92 Å². The van der Waals surface area contributed by atoms with E-state index in [2.05, 4.69) is 13.8 Å². The highest BCUT2D eigenvalue weighted by Crippen LogP contribution is 2.12. The molecule has 12 heavy (non-hydrogen) atoms. The molecule has 2 atom stereocenters. The minimum absolute atomic E-state index is 0.272. The third-order valence-corrected chi connectivity index (χ3v) is 1.97. The van der Waals surface area contributed by atoms with Crippen LogP contribution in [0.3, 0.4) is 0 Å². The standard InChI is InChI=1S/C10H22O2/c1-4-6-9(3)7-10(11)8-12-5-2/h9-11H,4-8H2,1-3H3. The van der Waals surface area contributed by atoms with E-state index in [-0.39, 0.29) is 6.10 Å². The smallest absolute Gasteiger partial charge is 0.0776 e. The molecule has 0 heterocycles. The van der Waals surface area contributed by atoms with Crippen molar-refractivity contribution in [3.63, 3.8) is 0 Å². The molecule has 0 aliphatic heterocycles. The van der Waals surface area contributed by atoms with Crippen molar-refractivity contribution in [1.82, 2.24) is 0 Å². The van der Waals surface area contributed by atoms with Crippen LogP contribution in [0.2, 0.25) is 0 Å². The minimum Gasteiger partial charge on any atom is -0.391 e. The van der Waals surface area contributed by atoms with Gasteiger partial charge in [-0.15, -0.1) is 0 Å². The van der Waals surface area contributed by atoms with Gasteiger partial charge in [-0.2, -0.15) is 0 Å². The van der Waals surface area contributed by atoms with Crippen LogP contribution in [0.5, 0.6) is 0 Å². The van der Waals surface area contributed by atoms with E-state index >= 15 is 0 Å². The number of hydrogen-bond donors (Lipinski definition) is 1. The van der Waals surface area contributed by atoms with Gasteiger partial charge in [0.25, 0.3) is 0 Å². The molecule has 0 spiro atoms. The quantitative estimate of drug-likeness (QED) is 0.641. The van der Waals surface area contributed by atoms with Crippen molar-refractivity contribution in [1.29, 1.82) is 0 Å². The zero-order valence-electron chi connectivity index (χ0n) is 8.55. The van der Waals surface area contributed by atoms with Crippen LogP contribution in [-0.2, 0) is 4.74 Å². The van der Waals surface area contributed by atoms with Crippen LogP contribution in [0.4, 0.5) is 0 Å². The lowest BCUT2D eigenvalue weighted by atomic mass is 9.99. The maximum Gasteiger partial charge on any atom is 0.0776 e. The molecule has 0 aliphatic rings. The average molecular weight is 174 g/mol. The summed E-state index contributed by atoms with van der Waals surface area (Å²) in [5.74, 6) is 0.616. The van der Waals surface area contributed by atoms with Crippen molar-refractivity contribution < 1.29 is 9.84 Å². The van der Waals surface area contributed by atoms with Gasteiger partial charge in [0.2, 0.25) is 0 Å². The van der Waals surface area contributed by atoms with Crippen LogP contribution in [0.1, 0.15) is 40.0 Å². The van der Waals surface area contributed by atoms with Gasteiger partial charge in [0.15, 0.2) is 0 Å². The van der Waals surface area contributed by atoms with Crippen molar-refractivity contribution in [2.75, 3.05) is 13.2 Å². The van der Waals surface area contributed by atoms with Gasteiger partial charge in [-0.3, -0.25) is 0 Å². The van der Waals surface area contributed by atoms with E-state index in [1.165, 1.54) is 12.8 Å².